The molecule has 72 valence electrons. The highest BCUT2D eigenvalue weighted by Crippen LogP contribution is 1.52. The molecule has 6 N–H and O–H groups in total. The van der Waals surface area contributed by atoms with E-state index in [2.05, 4.69) is 35.1 Å². The monoisotopic (exact) mass is 208 g/mol. The number of rotatable bonds is 2. The maximum atomic E-state index is 5.02. The molecule has 0 saturated carbocycles. The second-order valence-electron chi connectivity index (χ2n) is 1.79. The van der Waals surface area contributed by atoms with E-state index in [0.717, 1.165) is 13.1 Å². The van der Waals surface area contributed by atoms with Crippen LogP contribution < -0.4 is 22.1 Å². The van der Waals surface area contributed by atoms with Crippen LogP contribution in [0.25, 0.3) is 0 Å². The van der Waals surface area contributed by atoms with Crippen LogP contribution in [0.1, 0.15) is 13.8 Å². The van der Waals surface area contributed by atoms with Crippen LogP contribution in [0.2, 0.25) is 0 Å². The third kappa shape index (κ3) is 22.8. The lowest BCUT2D eigenvalue weighted by Gasteiger charge is -1.92. The summed E-state index contributed by atoms with van der Waals surface area (Å²) in [6.45, 7) is 5.52. The first-order valence-electron chi connectivity index (χ1n) is 3.61. The maximum Gasteiger partial charge on any atom is 0.163 e. The van der Waals surface area contributed by atoms with Gasteiger partial charge in [0.15, 0.2) is 10.2 Å². The van der Waals surface area contributed by atoms with Gasteiger partial charge < -0.3 is 22.1 Å². The van der Waals surface area contributed by atoms with E-state index in [0.29, 0.717) is 10.2 Å². The highest BCUT2D eigenvalue weighted by molar-refractivity contribution is 7.80. The molecule has 0 radical (unpaired) electrons. The molecule has 0 bridgehead atoms. The molecule has 0 amide bonds. The quantitative estimate of drug-likeness (QED) is 0.466. The van der Waals surface area contributed by atoms with E-state index in [1.165, 1.54) is 0 Å². The van der Waals surface area contributed by atoms with E-state index < -0.39 is 0 Å². The van der Waals surface area contributed by atoms with Gasteiger partial charge in [-0.1, -0.05) is 0 Å². The highest BCUT2D eigenvalue weighted by atomic mass is 32.1. The molecular formula is C6H16N4S2. The zero-order valence-corrected chi connectivity index (χ0v) is 9.02. The van der Waals surface area contributed by atoms with Crippen molar-refractivity contribution in [3.8, 4) is 0 Å². The Morgan fingerprint density at radius 2 is 1.25 bits per heavy atom. The van der Waals surface area contributed by atoms with E-state index in [4.69, 9.17) is 11.5 Å². The fourth-order valence-corrected chi connectivity index (χ4v) is 0.637. The van der Waals surface area contributed by atoms with Crippen LogP contribution in [0, 0.1) is 0 Å². The van der Waals surface area contributed by atoms with Crippen molar-refractivity contribution in [2.75, 3.05) is 13.1 Å². The van der Waals surface area contributed by atoms with Crippen molar-refractivity contribution in [3.05, 3.63) is 0 Å². The van der Waals surface area contributed by atoms with Crippen LogP contribution in [0.4, 0.5) is 0 Å². The Bertz CT molecular complexity index is 122. The van der Waals surface area contributed by atoms with Gasteiger partial charge in [-0.25, -0.2) is 0 Å². The summed E-state index contributed by atoms with van der Waals surface area (Å²) in [6.07, 6.45) is 0. The van der Waals surface area contributed by atoms with Gasteiger partial charge in [0.25, 0.3) is 0 Å². The molecular weight excluding hydrogens is 192 g/mol. The van der Waals surface area contributed by atoms with Crippen LogP contribution in [-0.4, -0.2) is 23.3 Å². The Kier molecular flexibility index (Phi) is 12.1. The van der Waals surface area contributed by atoms with Gasteiger partial charge in [-0.05, 0) is 38.3 Å². The first-order valence-corrected chi connectivity index (χ1v) is 4.42. The van der Waals surface area contributed by atoms with E-state index >= 15 is 0 Å². The van der Waals surface area contributed by atoms with E-state index in [1.54, 1.807) is 0 Å². The molecule has 0 heterocycles. The summed E-state index contributed by atoms with van der Waals surface area (Å²) in [7, 11) is 0. The van der Waals surface area contributed by atoms with Crippen LogP contribution in [0.5, 0.6) is 0 Å². The third-order valence-corrected chi connectivity index (χ3v) is 0.991. The molecule has 0 fully saturated rings. The molecule has 0 unspecified atom stereocenters. The Hall–Kier alpha value is -0.620. The fourth-order valence-electron chi connectivity index (χ4n) is 0.348. The van der Waals surface area contributed by atoms with Gasteiger partial charge in [-0.2, -0.15) is 0 Å². The van der Waals surface area contributed by atoms with Crippen molar-refractivity contribution in [2.45, 2.75) is 13.8 Å². The zero-order chi connectivity index (χ0) is 9.98. The van der Waals surface area contributed by atoms with Gasteiger partial charge in [0, 0.05) is 13.1 Å². The van der Waals surface area contributed by atoms with Gasteiger partial charge >= 0.3 is 0 Å². The first kappa shape index (κ1) is 13.9. The molecule has 0 spiro atoms. The normalized spacial score (nSPS) is 7.50. The lowest BCUT2D eigenvalue weighted by atomic mass is 10.8. The highest BCUT2D eigenvalue weighted by Gasteiger charge is 1.74. The Morgan fingerprint density at radius 3 is 1.25 bits per heavy atom. The smallest absolute Gasteiger partial charge is 0.163 e. The van der Waals surface area contributed by atoms with Crippen LogP contribution >= 0.6 is 24.4 Å². The second-order valence-corrected chi connectivity index (χ2v) is 2.67. The van der Waals surface area contributed by atoms with Crippen molar-refractivity contribution in [3.63, 3.8) is 0 Å². The number of nitrogens with one attached hydrogen (secondary N) is 2. The van der Waals surface area contributed by atoms with Gasteiger partial charge in [0.2, 0.25) is 0 Å². The molecule has 0 aromatic rings. The topological polar surface area (TPSA) is 76.1 Å². The number of nitrogens with two attached hydrogens (primary N) is 2. The second kappa shape index (κ2) is 10.4. The first-order chi connectivity index (χ1) is 5.54. The average molecular weight is 208 g/mol. The molecule has 0 saturated heterocycles. The Labute approximate surface area is 84.1 Å². The molecule has 12 heavy (non-hydrogen) atoms. The van der Waals surface area contributed by atoms with Gasteiger partial charge in [0.1, 0.15) is 0 Å². The maximum absolute atomic E-state index is 5.02. The van der Waals surface area contributed by atoms with Crippen molar-refractivity contribution < 1.29 is 0 Å². The zero-order valence-electron chi connectivity index (χ0n) is 7.39. The third-order valence-electron chi connectivity index (χ3n) is 0.702. The SMILES string of the molecule is CCNC(N)=S.CCNC(N)=S. The van der Waals surface area contributed by atoms with Crippen molar-refractivity contribution in [1.29, 1.82) is 0 Å². The molecule has 0 aromatic carbocycles. The predicted molar refractivity (Wildman–Crippen MR) is 60.9 cm³/mol. The largest absolute Gasteiger partial charge is 0.376 e. The number of thiocarbonyl (C=S) groups is 2. The van der Waals surface area contributed by atoms with Crippen LogP contribution in [0.3, 0.4) is 0 Å². The summed E-state index contributed by atoms with van der Waals surface area (Å²) in [5.74, 6) is 0. The molecule has 0 aromatic heterocycles. The fraction of sp³-hybridized carbons (Fsp3) is 0.667. The van der Waals surface area contributed by atoms with Crippen LogP contribution in [0.15, 0.2) is 0 Å². The molecule has 0 aliphatic rings. The minimum atomic E-state index is 0.373. The summed E-state index contributed by atoms with van der Waals surface area (Å²) >= 11 is 8.92. The van der Waals surface area contributed by atoms with Gasteiger partial charge in [0.05, 0.1) is 0 Å². The lowest BCUT2D eigenvalue weighted by Crippen LogP contribution is -2.28. The molecule has 0 atom stereocenters. The van der Waals surface area contributed by atoms with Crippen molar-refractivity contribution in [1.82, 2.24) is 10.6 Å². The Morgan fingerprint density at radius 1 is 1.00 bits per heavy atom. The van der Waals surface area contributed by atoms with Gasteiger partial charge in [-0.15, -0.1) is 0 Å². The van der Waals surface area contributed by atoms with Crippen molar-refractivity contribution >= 4 is 34.7 Å². The van der Waals surface area contributed by atoms with Crippen LogP contribution in [-0.2, 0) is 0 Å². The summed E-state index contributed by atoms with van der Waals surface area (Å²) in [6, 6.07) is 0. The summed E-state index contributed by atoms with van der Waals surface area (Å²) in [5.41, 5.74) is 10.0. The average Bonchev–Trinajstić information content (AvgIpc) is 1.87. The number of hydrogen-bond acceptors (Lipinski definition) is 2. The summed E-state index contributed by atoms with van der Waals surface area (Å²) in [4.78, 5) is 0. The molecule has 0 aliphatic carbocycles. The minimum Gasteiger partial charge on any atom is -0.376 e. The predicted octanol–water partition coefficient (Wildman–Crippen LogP) is -0.321. The minimum absolute atomic E-state index is 0.373. The Balaban J connectivity index is 0. The molecule has 4 nitrogen and oxygen atoms in total. The lowest BCUT2D eigenvalue weighted by molar-refractivity contribution is 0.973. The van der Waals surface area contributed by atoms with E-state index in [9.17, 15) is 0 Å². The summed E-state index contributed by atoms with van der Waals surface area (Å²) in [5, 5.41) is 6.18. The number of hydrogen-bond donors (Lipinski definition) is 4. The standard InChI is InChI=1S/2C3H8N2S/c2*1-2-5-3(4)6/h2*2H2,1H3,(H3,4,5,6). The molecule has 0 rings (SSSR count). The van der Waals surface area contributed by atoms with E-state index in [1.807, 2.05) is 13.8 Å². The summed E-state index contributed by atoms with van der Waals surface area (Å²) < 4.78 is 0. The van der Waals surface area contributed by atoms with Gasteiger partial charge in [-0.3, -0.25) is 0 Å². The molecule has 6 heteroatoms. The molecule has 0 aliphatic heterocycles. The van der Waals surface area contributed by atoms with Crippen molar-refractivity contribution in [2.24, 2.45) is 11.5 Å². The van der Waals surface area contributed by atoms with E-state index in [-0.39, 0.29) is 0 Å².